The summed E-state index contributed by atoms with van der Waals surface area (Å²) in [6, 6.07) is 8.66. The van der Waals surface area contributed by atoms with Gasteiger partial charge in [-0.1, -0.05) is 12.1 Å². The zero-order valence-electron chi connectivity index (χ0n) is 16.7. The summed E-state index contributed by atoms with van der Waals surface area (Å²) in [5.74, 6) is 0. The predicted molar refractivity (Wildman–Crippen MR) is 104 cm³/mol. The van der Waals surface area contributed by atoms with Crippen LogP contribution in [-0.4, -0.2) is 67.4 Å². The number of ether oxygens (including phenoxy) is 2. The van der Waals surface area contributed by atoms with Crippen molar-refractivity contribution in [1.29, 1.82) is 0 Å². The van der Waals surface area contributed by atoms with E-state index in [1.807, 2.05) is 25.7 Å². The van der Waals surface area contributed by atoms with Crippen LogP contribution in [0.1, 0.15) is 33.3 Å². The summed E-state index contributed by atoms with van der Waals surface area (Å²) in [7, 11) is 1.70. The van der Waals surface area contributed by atoms with Crippen molar-refractivity contribution in [1.82, 2.24) is 9.80 Å². The number of carbonyl (C=O) groups is 1. The third-order valence-corrected chi connectivity index (χ3v) is 4.34. The minimum atomic E-state index is -0.451. The summed E-state index contributed by atoms with van der Waals surface area (Å²) in [4.78, 5) is 16.5. The van der Waals surface area contributed by atoms with Crippen molar-refractivity contribution in [2.75, 3.05) is 45.2 Å². The number of amides is 1. The van der Waals surface area contributed by atoms with Gasteiger partial charge in [0.05, 0.1) is 6.61 Å². The van der Waals surface area contributed by atoms with Gasteiger partial charge in [-0.3, -0.25) is 4.90 Å². The lowest BCUT2D eigenvalue weighted by Gasteiger charge is -2.40. The van der Waals surface area contributed by atoms with Crippen molar-refractivity contribution in [2.45, 2.75) is 45.9 Å². The molecule has 1 heterocycles. The van der Waals surface area contributed by atoms with Crippen LogP contribution in [0.4, 0.5) is 10.5 Å². The average Bonchev–Trinajstić information content (AvgIpc) is 2.55. The smallest absolute Gasteiger partial charge is 0.410 e. The molecule has 6 nitrogen and oxygen atoms in total. The summed E-state index contributed by atoms with van der Waals surface area (Å²) in [6.07, 6.45) is -0.212. The molecule has 0 aromatic heterocycles. The summed E-state index contributed by atoms with van der Waals surface area (Å²) in [5.41, 5.74) is 1.93. The topological polar surface area (TPSA) is 54.0 Å². The molecule has 1 atom stereocenters. The molecule has 1 saturated heterocycles. The summed E-state index contributed by atoms with van der Waals surface area (Å²) in [6.45, 7) is 12.6. The maximum Gasteiger partial charge on any atom is 0.410 e. The van der Waals surface area contributed by atoms with E-state index in [-0.39, 0.29) is 12.1 Å². The second kappa shape index (κ2) is 9.24. The van der Waals surface area contributed by atoms with Crippen molar-refractivity contribution in [3.63, 3.8) is 0 Å². The van der Waals surface area contributed by atoms with E-state index < -0.39 is 5.60 Å². The van der Waals surface area contributed by atoms with Gasteiger partial charge >= 0.3 is 6.09 Å². The Hall–Kier alpha value is -1.79. The standard InChI is InChI=1S/C20H33N3O3/c1-16-14-22(11-12-23(16)19(24)26-20(2,3)4)15-17-6-8-18(9-7-17)21-10-13-25-5/h6-9,16,21H,10-15H2,1-5H3/t16-/m0/s1. The van der Waals surface area contributed by atoms with Crippen LogP contribution in [0, 0.1) is 0 Å². The van der Waals surface area contributed by atoms with Crippen molar-refractivity contribution in [2.24, 2.45) is 0 Å². The number of anilines is 1. The fourth-order valence-corrected chi connectivity index (χ4v) is 3.05. The molecule has 1 aliphatic heterocycles. The van der Waals surface area contributed by atoms with Gasteiger partial charge in [-0.05, 0) is 45.4 Å². The number of hydrogen-bond donors (Lipinski definition) is 1. The molecule has 1 aliphatic rings. The molecular weight excluding hydrogens is 330 g/mol. The van der Waals surface area contributed by atoms with E-state index in [0.29, 0.717) is 13.2 Å². The lowest BCUT2D eigenvalue weighted by Crippen LogP contribution is -2.54. The number of nitrogens with one attached hydrogen (secondary N) is 1. The summed E-state index contributed by atoms with van der Waals surface area (Å²) in [5, 5.41) is 3.32. The Kier molecular flexibility index (Phi) is 7.29. The van der Waals surface area contributed by atoms with Crippen molar-refractivity contribution in [3.8, 4) is 0 Å². The Bertz CT molecular complexity index is 569. The molecule has 0 radical (unpaired) electrons. The number of hydrogen-bond acceptors (Lipinski definition) is 5. The molecule has 1 aromatic carbocycles. The van der Waals surface area contributed by atoms with Gasteiger partial charge in [0.1, 0.15) is 5.60 Å². The van der Waals surface area contributed by atoms with Gasteiger partial charge in [-0.25, -0.2) is 4.79 Å². The second-order valence-corrected chi connectivity index (χ2v) is 7.87. The largest absolute Gasteiger partial charge is 0.444 e. The Morgan fingerprint density at radius 2 is 1.92 bits per heavy atom. The molecule has 6 heteroatoms. The van der Waals surface area contributed by atoms with Crippen molar-refractivity contribution < 1.29 is 14.3 Å². The van der Waals surface area contributed by atoms with Gasteiger partial charge in [0.15, 0.2) is 0 Å². The molecule has 0 aliphatic carbocycles. The van der Waals surface area contributed by atoms with Crippen LogP contribution < -0.4 is 5.32 Å². The fraction of sp³-hybridized carbons (Fsp3) is 0.650. The first-order valence-corrected chi connectivity index (χ1v) is 9.32. The molecule has 1 aromatic rings. The molecule has 26 heavy (non-hydrogen) atoms. The van der Waals surface area contributed by atoms with Gasteiger partial charge in [0.2, 0.25) is 0 Å². The van der Waals surface area contributed by atoms with Crippen LogP contribution in [0.2, 0.25) is 0 Å². The summed E-state index contributed by atoms with van der Waals surface area (Å²) < 4.78 is 10.6. The minimum Gasteiger partial charge on any atom is -0.444 e. The number of rotatable bonds is 6. The number of nitrogens with zero attached hydrogens (tertiary/aromatic N) is 2. The number of carbonyl (C=O) groups excluding carboxylic acids is 1. The monoisotopic (exact) mass is 363 g/mol. The first-order chi connectivity index (χ1) is 12.3. The highest BCUT2D eigenvalue weighted by atomic mass is 16.6. The zero-order chi connectivity index (χ0) is 19.2. The van der Waals surface area contributed by atoms with E-state index >= 15 is 0 Å². The quantitative estimate of drug-likeness (QED) is 0.787. The number of piperazine rings is 1. The van der Waals surface area contributed by atoms with E-state index in [2.05, 4.69) is 41.4 Å². The number of benzene rings is 1. The van der Waals surface area contributed by atoms with Gasteiger partial charge in [-0.15, -0.1) is 0 Å². The average molecular weight is 364 g/mol. The third kappa shape index (κ3) is 6.50. The first-order valence-electron chi connectivity index (χ1n) is 9.32. The van der Waals surface area contributed by atoms with Crippen LogP contribution in [0.25, 0.3) is 0 Å². The van der Waals surface area contributed by atoms with Crippen LogP contribution in [-0.2, 0) is 16.0 Å². The maximum atomic E-state index is 12.3. The van der Waals surface area contributed by atoms with E-state index in [1.165, 1.54) is 5.56 Å². The number of methoxy groups -OCH3 is 1. The van der Waals surface area contributed by atoms with Gasteiger partial charge in [0.25, 0.3) is 0 Å². The Balaban J connectivity index is 1.82. The first kappa shape index (κ1) is 20.5. The Morgan fingerprint density at radius 3 is 2.50 bits per heavy atom. The molecule has 0 unspecified atom stereocenters. The van der Waals surface area contributed by atoms with Crippen LogP contribution >= 0.6 is 0 Å². The molecule has 0 bridgehead atoms. The second-order valence-electron chi connectivity index (χ2n) is 7.87. The lowest BCUT2D eigenvalue weighted by atomic mass is 10.1. The van der Waals surface area contributed by atoms with Gasteiger partial charge in [0, 0.05) is 51.6 Å². The van der Waals surface area contributed by atoms with E-state index in [1.54, 1.807) is 7.11 Å². The van der Waals surface area contributed by atoms with Crippen LogP contribution in [0.5, 0.6) is 0 Å². The van der Waals surface area contributed by atoms with E-state index in [9.17, 15) is 4.79 Å². The highest BCUT2D eigenvalue weighted by Crippen LogP contribution is 2.18. The highest BCUT2D eigenvalue weighted by Gasteiger charge is 2.30. The normalized spacial score (nSPS) is 18.7. The molecule has 1 N–H and O–H groups in total. The van der Waals surface area contributed by atoms with Crippen LogP contribution in [0.15, 0.2) is 24.3 Å². The fourth-order valence-electron chi connectivity index (χ4n) is 3.05. The minimum absolute atomic E-state index is 0.147. The third-order valence-electron chi connectivity index (χ3n) is 4.34. The zero-order valence-corrected chi connectivity index (χ0v) is 16.7. The molecule has 2 rings (SSSR count). The SMILES string of the molecule is COCCNc1ccc(CN2CCN(C(=O)OC(C)(C)C)[C@@H](C)C2)cc1. The van der Waals surface area contributed by atoms with Crippen molar-refractivity contribution >= 4 is 11.8 Å². The van der Waals surface area contributed by atoms with Crippen molar-refractivity contribution in [3.05, 3.63) is 29.8 Å². The Morgan fingerprint density at radius 1 is 1.23 bits per heavy atom. The van der Waals surface area contributed by atoms with Crippen LogP contribution in [0.3, 0.4) is 0 Å². The lowest BCUT2D eigenvalue weighted by molar-refractivity contribution is 0.000562. The van der Waals surface area contributed by atoms with E-state index in [0.717, 1.165) is 31.9 Å². The molecule has 1 amide bonds. The van der Waals surface area contributed by atoms with Gasteiger partial charge < -0.3 is 19.7 Å². The Labute approximate surface area is 157 Å². The molecule has 0 saturated carbocycles. The van der Waals surface area contributed by atoms with Gasteiger partial charge in [-0.2, -0.15) is 0 Å². The highest BCUT2D eigenvalue weighted by molar-refractivity contribution is 5.68. The maximum absolute atomic E-state index is 12.3. The summed E-state index contributed by atoms with van der Waals surface area (Å²) >= 11 is 0. The molecule has 146 valence electrons. The predicted octanol–water partition coefficient (Wildman–Crippen LogP) is 3.19. The molecular formula is C20H33N3O3. The van der Waals surface area contributed by atoms with E-state index in [4.69, 9.17) is 9.47 Å². The molecule has 0 spiro atoms. The molecule has 1 fully saturated rings.